The molecule has 208 valence electrons. The van der Waals surface area contributed by atoms with Crippen LogP contribution in [0.3, 0.4) is 0 Å². The van der Waals surface area contributed by atoms with Crippen LogP contribution in [0, 0.1) is 19.8 Å². The molecular formula is C28H34ClN5O4S. The number of halogens is 1. The molecule has 0 aliphatic carbocycles. The van der Waals surface area contributed by atoms with Gasteiger partial charge in [-0.2, -0.15) is 4.98 Å². The SMILES string of the molecule is Cc1cccc(C)c1-c1cc2nc(n1)NS(=O)(=O)c1cccc(c1)C(=O)N1C[C@@H](CNC[C@@H]1CC(C)C)O2.Cl. The Morgan fingerprint density at radius 3 is 2.49 bits per heavy atom. The Bertz CT molecular complexity index is 1460. The number of carbonyl (C=O) groups excluding carboxylic acids is 1. The number of fused-ring (bicyclic) bond motifs is 6. The third kappa shape index (κ3) is 6.18. The highest BCUT2D eigenvalue weighted by atomic mass is 35.5. The first-order valence-corrected chi connectivity index (χ1v) is 14.4. The Kier molecular flexibility index (Phi) is 8.48. The van der Waals surface area contributed by atoms with Crippen molar-refractivity contribution in [1.29, 1.82) is 0 Å². The van der Waals surface area contributed by atoms with E-state index in [-0.39, 0.29) is 41.1 Å². The monoisotopic (exact) mass is 571 g/mol. The van der Waals surface area contributed by atoms with E-state index >= 15 is 0 Å². The van der Waals surface area contributed by atoms with E-state index in [1.807, 2.05) is 36.9 Å². The fourth-order valence-corrected chi connectivity index (χ4v) is 6.22. The van der Waals surface area contributed by atoms with Gasteiger partial charge < -0.3 is 15.0 Å². The predicted molar refractivity (Wildman–Crippen MR) is 153 cm³/mol. The van der Waals surface area contributed by atoms with Gasteiger partial charge in [0.25, 0.3) is 15.9 Å². The van der Waals surface area contributed by atoms with E-state index in [1.54, 1.807) is 18.2 Å². The number of rotatable bonds is 3. The zero-order valence-electron chi connectivity index (χ0n) is 22.5. The molecule has 0 saturated carbocycles. The zero-order valence-corrected chi connectivity index (χ0v) is 24.1. The molecule has 1 amide bonds. The van der Waals surface area contributed by atoms with Gasteiger partial charge in [0.1, 0.15) is 6.10 Å². The predicted octanol–water partition coefficient (Wildman–Crippen LogP) is 4.20. The molecule has 2 aromatic carbocycles. The number of aryl methyl sites for hydroxylation is 2. The maximum absolute atomic E-state index is 13.8. The third-order valence-corrected chi connectivity index (χ3v) is 8.27. The molecule has 0 unspecified atom stereocenters. The summed E-state index contributed by atoms with van der Waals surface area (Å²) < 4.78 is 35.6. The molecule has 3 heterocycles. The first-order valence-electron chi connectivity index (χ1n) is 12.9. The molecule has 0 spiro atoms. The first kappa shape index (κ1) is 28.8. The number of hydrogen-bond acceptors (Lipinski definition) is 7. The van der Waals surface area contributed by atoms with Crippen LogP contribution in [0.1, 0.15) is 41.8 Å². The van der Waals surface area contributed by atoms with Crippen LogP contribution >= 0.6 is 12.4 Å². The molecule has 6 bridgehead atoms. The Morgan fingerprint density at radius 2 is 1.77 bits per heavy atom. The lowest BCUT2D eigenvalue weighted by Crippen LogP contribution is -2.46. The molecular weight excluding hydrogens is 538 g/mol. The number of benzene rings is 2. The quantitative estimate of drug-likeness (QED) is 0.484. The van der Waals surface area contributed by atoms with Crippen LogP contribution in [-0.4, -0.2) is 61.0 Å². The highest BCUT2D eigenvalue weighted by Gasteiger charge is 2.33. The lowest BCUT2D eigenvalue weighted by atomic mass is 10.00. The van der Waals surface area contributed by atoms with Crippen LogP contribution in [0.4, 0.5) is 5.95 Å². The lowest BCUT2D eigenvalue weighted by molar-refractivity contribution is 0.0584. The Morgan fingerprint density at radius 1 is 1.05 bits per heavy atom. The van der Waals surface area contributed by atoms with Crippen molar-refractivity contribution in [3.05, 3.63) is 65.2 Å². The van der Waals surface area contributed by atoms with Crippen molar-refractivity contribution < 1.29 is 17.9 Å². The second kappa shape index (κ2) is 11.5. The van der Waals surface area contributed by atoms with E-state index in [2.05, 4.69) is 33.9 Å². The number of anilines is 1. The van der Waals surface area contributed by atoms with Gasteiger partial charge in [-0.05, 0) is 55.5 Å². The molecule has 2 aliphatic heterocycles. The van der Waals surface area contributed by atoms with Gasteiger partial charge in [0.2, 0.25) is 11.8 Å². The maximum Gasteiger partial charge on any atom is 0.264 e. The van der Waals surface area contributed by atoms with Crippen molar-refractivity contribution in [2.24, 2.45) is 5.92 Å². The minimum absolute atomic E-state index is 0. The summed E-state index contributed by atoms with van der Waals surface area (Å²) in [6.07, 6.45) is 0.407. The van der Waals surface area contributed by atoms with Crippen molar-refractivity contribution >= 4 is 34.3 Å². The molecule has 9 nitrogen and oxygen atoms in total. The van der Waals surface area contributed by atoms with Crippen LogP contribution in [0.15, 0.2) is 53.4 Å². The van der Waals surface area contributed by atoms with Gasteiger partial charge in [0.15, 0.2) is 0 Å². The largest absolute Gasteiger partial charge is 0.471 e. The highest BCUT2D eigenvalue weighted by molar-refractivity contribution is 7.92. The fraction of sp³-hybridized carbons (Fsp3) is 0.393. The van der Waals surface area contributed by atoms with Crippen LogP contribution in [0.25, 0.3) is 11.3 Å². The smallest absolute Gasteiger partial charge is 0.264 e. The van der Waals surface area contributed by atoms with Crippen molar-refractivity contribution in [1.82, 2.24) is 20.2 Å². The number of nitrogens with zero attached hydrogens (tertiary/aromatic N) is 3. The average Bonchev–Trinajstić information content (AvgIpc) is 3.04. The number of sulfonamides is 1. The van der Waals surface area contributed by atoms with E-state index < -0.39 is 16.1 Å². The molecule has 1 saturated heterocycles. The van der Waals surface area contributed by atoms with Crippen molar-refractivity contribution in [2.75, 3.05) is 24.4 Å². The van der Waals surface area contributed by atoms with Crippen LogP contribution in [0.2, 0.25) is 0 Å². The topological polar surface area (TPSA) is 114 Å². The molecule has 2 atom stereocenters. The summed E-state index contributed by atoms with van der Waals surface area (Å²) in [4.78, 5) is 24.6. The van der Waals surface area contributed by atoms with E-state index in [9.17, 15) is 13.2 Å². The molecule has 3 aromatic rings. The second-order valence-corrected chi connectivity index (χ2v) is 12.1. The summed E-state index contributed by atoms with van der Waals surface area (Å²) in [6.45, 7) is 9.69. The molecule has 39 heavy (non-hydrogen) atoms. The molecule has 2 N–H and O–H groups in total. The molecule has 5 rings (SSSR count). The third-order valence-electron chi connectivity index (χ3n) is 6.94. The van der Waals surface area contributed by atoms with Crippen LogP contribution in [-0.2, 0) is 10.0 Å². The standard InChI is InChI=1S/C28H33N5O4S.ClH/c1-17(2)11-21-14-29-15-22-16-33(21)27(34)20-9-6-10-23(12-20)38(35,36)32-28-30-24(13-25(31-28)37-22)26-18(3)7-5-8-19(26)4;/h5-10,12-13,17,21-22,29H,11,14-16H2,1-4H3,(H,30,31,32);1H/t21-,22+;/m0./s1. The van der Waals surface area contributed by atoms with Crippen LogP contribution < -0.4 is 14.8 Å². The van der Waals surface area contributed by atoms with Gasteiger partial charge in [0.05, 0.1) is 17.1 Å². The zero-order chi connectivity index (χ0) is 27.0. The number of aromatic nitrogens is 2. The van der Waals surface area contributed by atoms with Crippen molar-refractivity contribution in [3.8, 4) is 17.1 Å². The Labute approximate surface area is 235 Å². The van der Waals surface area contributed by atoms with Crippen molar-refractivity contribution in [3.63, 3.8) is 0 Å². The van der Waals surface area contributed by atoms with Crippen LogP contribution in [0.5, 0.6) is 5.88 Å². The Hall–Kier alpha value is -3.21. The summed E-state index contributed by atoms with van der Waals surface area (Å²) in [7, 11) is -4.08. The molecule has 2 aliphatic rings. The molecule has 11 heteroatoms. The minimum atomic E-state index is -4.08. The highest BCUT2D eigenvalue weighted by Crippen LogP contribution is 2.30. The van der Waals surface area contributed by atoms with Gasteiger partial charge in [-0.3, -0.25) is 4.79 Å². The number of carbonyl (C=O) groups is 1. The molecule has 0 radical (unpaired) electrons. The normalized spacial score (nSPS) is 20.3. The van der Waals surface area contributed by atoms with E-state index in [1.165, 1.54) is 12.1 Å². The summed E-state index contributed by atoms with van der Waals surface area (Å²) in [6, 6.07) is 13.7. The first-order chi connectivity index (χ1) is 18.1. The van der Waals surface area contributed by atoms with Gasteiger partial charge in [-0.15, -0.1) is 12.4 Å². The van der Waals surface area contributed by atoms with Gasteiger partial charge >= 0.3 is 0 Å². The Balaban J connectivity index is 0.00000353. The number of amides is 1. The van der Waals surface area contributed by atoms with E-state index in [4.69, 9.17) is 4.74 Å². The van der Waals surface area contributed by atoms with E-state index in [0.717, 1.165) is 23.1 Å². The number of nitrogens with one attached hydrogen (secondary N) is 2. The second-order valence-electron chi connectivity index (χ2n) is 10.5. The average molecular weight is 572 g/mol. The minimum Gasteiger partial charge on any atom is -0.471 e. The summed E-state index contributed by atoms with van der Waals surface area (Å²) in [5.74, 6) is 0.297. The summed E-state index contributed by atoms with van der Waals surface area (Å²) >= 11 is 0. The van der Waals surface area contributed by atoms with E-state index in [0.29, 0.717) is 36.8 Å². The molecule has 1 aromatic heterocycles. The lowest BCUT2D eigenvalue weighted by Gasteiger charge is -2.32. The maximum atomic E-state index is 13.8. The fourth-order valence-electron chi connectivity index (χ4n) is 5.23. The molecule has 1 fully saturated rings. The summed E-state index contributed by atoms with van der Waals surface area (Å²) in [5, 5.41) is 3.45. The van der Waals surface area contributed by atoms with Gasteiger partial charge in [0, 0.05) is 36.3 Å². The van der Waals surface area contributed by atoms with Crippen molar-refractivity contribution in [2.45, 2.75) is 51.2 Å². The van der Waals surface area contributed by atoms with Gasteiger partial charge in [-0.25, -0.2) is 18.1 Å². The number of hydrogen-bond donors (Lipinski definition) is 2. The van der Waals surface area contributed by atoms with Gasteiger partial charge in [-0.1, -0.05) is 38.1 Å². The summed E-state index contributed by atoms with van der Waals surface area (Å²) in [5.41, 5.74) is 3.75. The number of ether oxygens (including phenoxy) is 1.